The number of carbonyl (C=O) groups is 1. The zero-order valence-electron chi connectivity index (χ0n) is 14.3. The molecular weight excluding hydrogens is 399 g/mol. The molecule has 0 aliphatic carbocycles. The number of hydrazine groups is 1. The summed E-state index contributed by atoms with van der Waals surface area (Å²) in [5, 5.41) is 0.217. The number of hydrogen-bond acceptors (Lipinski definition) is 5. The lowest BCUT2D eigenvalue weighted by molar-refractivity contribution is -0.116. The van der Waals surface area contributed by atoms with E-state index in [4.69, 9.17) is 21.1 Å². The Morgan fingerprint density at radius 1 is 1.15 bits per heavy atom. The minimum absolute atomic E-state index is 0.0660. The second-order valence-electron chi connectivity index (χ2n) is 5.11. The number of carbonyl (C=O) groups excluding carboxylic acids is 1. The molecular formula is C17H16ClFN2O5S. The molecule has 2 aromatic carbocycles. The fraction of sp³-hybridized carbons (Fsp3) is 0.118. The number of nitrogens with one attached hydrogen (secondary N) is 2. The van der Waals surface area contributed by atoms with Gasteiger partial charge >= 0.3 is 0 Å². The SMILES string of the molecule is COc1ccc(OC)c(S(=O)(=O)NNC(=O)C=Cc2ccc(Cl)cc2F)c1. The molecule has 0 aromatic heterocycles. The molecule has 2 N–H and O–H groups in total. The van der Waals surface area contributed by atoms with E-state index >= 15 is 0 Å². The molecule has 0 radical (unpaired) electrons. The second-order valence-corrected chi connectivity index (χ2v) is 7.20. The van der Waals surface area contributed by atoms with Gasteiger partial charge in [0.25, 0.3) is 15.9 Å². The van der Waals surface area contributed by atoms with Gasteiger partial charge in [0.05, 0.1) is 14.2 Å². The summed E-state index contributed by atoms with van der Waals surface area (Å²) in [5.74, 6) is -1.07. The fourth-order valence-electron chi connectivity index (χ4n) is 2.01. The number of rotatable bonds is 7. The molecule has 144 valence electrons. The van der Waals surface area contributed by atoms with Crippen LogP contribution >= 0.6 is 11.6 Å². The van der Waals surface area contributed by atoms with Gasteiger partial charge in [0.2, 0.25) is 0 Å². The van der Waals surface area contributed by atoms with E-state index in [0.717, 1.165) is 12.1 Å². The average molecular weight is 415 g/mol. The number of sulfonamides is 1. The number of ether oxygens (including phenoxy) is 2. The van der Waals surface area contributed by atoms with Gasteiger partial charge in [0, 0.05) is 22.7 Å². The molecule has 0 bridgehead atoms. The quantitative estimate of drug-likeness (QED) is 0.536. The Hall–Kier alpha value is -2.62. The Balaban J connectivity index is 2.10. The third kappa shape index (κ3) is 5.43. The van der Waals surface area contributed by atoms with Gasteiger partial charge in [-0.1, -0.05) is 17.7 Å². The first-order valence-electron chi connectivity index (χ1n) is 7.44. The Bertz CT molecular complexity index is 979. The van der Waals surface area contributed by atoms with Crippen molar-refractivity contribution < 1.29 is 27.1 Å². The van der Waals surface area contributed by atoms with Gasteiger partial charge in [-0.3, -0.25) is 10.2 Å². The van der Waals surface area contributed by atoms with Crippen molar-refractivity contribution in [3.63, 3.8) is 0 Å². The molecule has 0 fully saturated rings. The van der Waals surface area contributed by atoms with Gasteiger partial charge in [-0.05, 0) is 30.3 Å². The Morgan fingerprint density at radius 2 is 1.89 bits per heavy atom. The van der Waals surface area contributed by atoms with Gasteiger partial charge in [-0.25, -0.2) is 12.8 Å². The van der Waals surface area contributed by atoms with E-state index in [1.165, 1.54) is 50.6 Å². The highest BCUT2D eigenvalue weighted by molar-refractivity contribution is 7.89. The van der Waals surface area contributed by atoms with Crippen LogP contribution in [-0.2, 0) is 14.8 Å². The first kappa shape index (κ1) is 20.7. The van der Waals surface area contributed by atoms with Crippen LogP contribution in [0.1, 0.15) is 5.56 Å². The minimum atomic E-state index is -4.14. The largest absolute Gasteiger partial charge is 0.497 e. The van der Waals surface area contributed by atoms with Crippen LogP contribution in [0.3, 0.4) is 0 Å². The summed E-state index contributed by atoms with van der Waals surface area (Å²) in [6.07, 6.45) is 2.15. The van der Waals surface area contributed by atoms with Crippen LogP contribution in [-0.4, -0.2) is 28.5 Å². The molecule has 7 nitrogen and oxygen atoms in total. The fourth-order valence-corrected chi connectivity index (χ4v) is 3.20. The molecule has 0 atom stereocenters. The number of methoxy groups -OCH3 is 2. The van der Waals surface area contributed by atoms with Crippen molar-refractivity contribution in [1.29, 1.82) is 0 Å². The summed E-state index contributed by atoms with van der Waals surface area (Å²) >= 11 is 5.64. The predicted molar refractivity (Wildman–Crippen MR) is 98.5 cm³/mol. The monoisotopic (exact) mass is 414 g/mol. The standard InChI is InChI=1S/C17H16ClFN2O5S/c1-25-13-6-7-15(26-2)16(10-13)27(23,24)21-20-17(22)8-4-11-3-5-12(18)9-14(11)19/h3-10,21H,1-2H3,(H,20,22). The van der Waals surface area contributed by atoms with E-state index in [-0.39, 0.29) is 21.2 Å². The van der Waals surface area contributed by atoms with Crippen LogP contribution in [0.4, 0.5) is 4.39 Å². The van der Waals surface area contributed by atoms with Crippen LogP contribution < -0.4 is 19.7 Å². The molecule has 1 amide bonds. The van der Waals surface area contributed by atoms with Crippen molar-refractivity contribution in [3.05, 3.63) is 58.9 Å². The Morgan fingerprint density at radius 3 is 2.52 bits per heavy atom. The van der Waals surface area contributed by atoms with Gasteiger partial charge in [-0.2, -0.15) is 0 Å². The van der Waals surface area contributed by atoms with Gasteiger partial charge in [0.15, 0.2) is 0 Å². The number of halogens is 2. The third-order valence-electron chi connectivity index (χ3n) is 3.35. The molecule has 10 heteroatoms. The van der Waals surface area contributed by atoms with Crippen molar-refractivity contribution in [2.24, 2.45) is 0 Å². The summed E-state index contributed by atoms with van der Waals surface area (Å²) < 4.78 is 48.4. The smallest absolute Gasteiger partial charge is 0.261 e. The summed E-state index contributed by atoms with van der Waals surface area (Å²) in [6.45, 7) is 0. The molecule has 27 heavy (non-hydrogen) atoms. The highest BCUT2D eigenvalue weighted by atomic mass is 35.5. The normalized spacial score (nSPS) is 11.4. The van der Waals surface area contributed by atoms with Crippen molar-refractivity contribution in [1.82, 2.24) is 10.3 Å². The van der Waals surface area contributed by atoms with Crippen molar-refractivity contribution >= 4 is 33.6 Å². The van der Waals surface area contributed by atoms with Crippen LogP contribution in [0.15, 0.2) is 47.4 Å². The lowest BCUT2D eigenvalue weighted by Gasteiger charge is -2.12. The highest BCUT2D eigenvalue weighted by Gasteiger charge is 2.21. The third-order valence-corrected chi connectivity index (χ3v) is 4.85. The van der Waals surface area contributed by atoms with Crippen molar-refractivity contribution in [2.75, 3.05) is 14.2 Å². The predicted octanol–water partition coefficient (Wildman–Crippen LogP) is 2.52. The first-order valence-corrected chi connectivity index (χ1v) is 9.30. The van der Waals surface area contributed by atoms with Gasteiger partial charge in [0.1, 0.15) is 22.2 Å². The van der Waals surface area contributed by atoms with E-state index in [1.807, 2.05) is 10.3 Å². The topological polar surface area (TPSA) is 93.7 Å². The Kier molecular flexibility index (Phi) is 6.78. The highest BCUT2D eigenvalue weighted by Crippen LogP contribution is 2.27. The molecule has 0 saturated heterocycles. The van der Waals surface area contributed by atoms with Gasteiger partial charge < -0.3 is 9.47 Å². The Labute approximate surface area is 160 Å². The molecule has 0 aliphatic rings. The maximum absolute atomic E-state index is 13.6. The van der Waals surface area contributed by atoms with Crippen molar-refractivity contribution in [3.8, 4) is 11.5 Å². The molecule has 0 heterocycles. The summed E-state index contributed by atoms with van der Waals surface area (Å²) in [4.78, 5) is 13.5. The lowest BCUT2D eigenvalue weighted by atomic mass is 10.2. The van der Waals surface area contributed by atoms with E-state index < -0.39 is 21.7 Å². The van der Waals surface area contributed by atoms with Crippen LogP contribution in [0.25, 0.3) is 6.08 Å². The first-order chi connectivity index (χ1) is 12.8. The summed E-state index contributed by atoms with van der Waals surface area (Å²) in [5.41, 5.74) is 2.12. The molecule has 0 spiro atoms. The number of hydrogen-bond donors (Lipinski definition) is 2. The molecule has 2 rings (SSSR count). The second kappa shape index (κ2) is 8.85. The molecule has 0 aliphatic heterocycles. The maximum atomic E-state index is 13.6. The molecule has 2 aromatic rings. The number of benzene rings is 2. The van der Waals surface area contributed by atoms with E-state index in [2.05, 4.69) is 0 Å². The van der Waals surface area contributed by atoms with Crippen LogP contribution in [0, 0.1) is 5.82 Å². The zero-order chi connectivity index (χ0) is 20.0. The molecule has 0 unspecified atom stereocenters. The summed E-state index contributed by atoms with van der Waals surface area (Å²) in [6, 6.07) is 8.12. The maximum Gasteiger partial charge on any atom is 0.261 e. The van der Waals surface area contributed by atoms with Gasteiger partial charge in [-0.15, -0.1) is 4.83 Å². The lowest BCUT2D eigenvalue weighted by Crippen LogP contribution is -2.40. The van der Waals surface area contributed by atoms with Crippen molar-refractivity contribution in [2.45, 2.75) is 4.90 Å². The number of amides is 1. The van der Waals surface area contributed by atoms with Crippen LogP contribution in [0.2, 0.25) is 5.02 Å². The van der Waals surface area contributed by atoms with E-state index in [1.54, 1.807) is 0 Å². The molecule has 0 saturated carbocycles. The van der Waals surface area contributed by atoms with Crippen LogP contribution in [0.5, 0.6) is 11.5 Å². The minimum Gasteiger partial charge on any atom is -0.497 e. The average Bonchev–Trinajstić information content (AvgIpc) is 2.65. The van der Waals surface area contributed by atoms with E-state index in [0.29, 0.717) is 5.75 Å². The zero-order valence-corrected chi connectivity index (χ0v) is 15.9. The van der Waals surface area contributed by atoms with E-state index in [9.17, 15) is 17.6 Å². The summed E-state index contributed by atoms with van der Waals surface area (Å²) in [7, 11) is -1.45.